The molecule has 1 atom stereocenters. The van der Waals surface area contributed by atoms with Gasteiger partial charge in [0.2, 0.25) is 0 Å². The monoisotopic (exact) mass is 310 g/mol. The van der Waals surface area contributed by atoms with Crippen molar-refractivity contribution in [2.45, 2.75) is 58.0 Å². The maximum Gasteiger partial charge on any atom is 0.117 e. The summed E-state index contributed by atoms with van der Waals surface area (Å²) in [5, 5.41) is 11.6. The van der Waals surface area contributed by atoms with Crippen LogP contribution in [0.1, 0.15) is 63.5 Å². The molecule has 0 saturated heterocycles. The maximum absolute atomic E-state index is 11.6. The van der Waals surface area contributed by atoms with Crippen molar-refractivity contribution in [3.8, 4) is 0 Å². The van der Waals surface area contributed by atoms with Gasteiger partial charge in [-0.05, 0) is 23.5 Å². The van der Waals surface area contributed by atoms with Crippen LogP contribution in [0.2, 0.25) is 0 Å². The van der Waals surface area contributed by atoms with Crippen molar-refractivity contribution in [2.75, 3.05) is 0 Å². The van der Waals surface area contributed by atoms with Gasteiger partial charge in [0.05, 0.1) is 0 Å². The fraction of sp³-hybridized carbons (Fsp3) is 0.455. The normalized spacial score (nSPS) is 13.0. The molecule has 0 aliphatic carbocycles. The zero-order valence-corrected chi connectivity index (χ0v) is 14.5. The number of aliphatic hydroxyl groups is 1. The third kappa shape index (κ3) is 4.45. The molecule has 2 rings (SSSR count). The summed E-state index contributed by atoms with van der Waals surface area (Å²) < 4.78 is 0. The fourth-order valence-electron chi connectivity index (χ4n) is 3.38. The first-order valence-corrected chi connectivity index (χ1v) is 9.03. The smallest absolute Gasteiger partial charge is 0.117 e. The van der Waals surface area contributed by atoms with Crippen LogP contribution in [-0.2, 0) is 5.60 Å². The van der Waals surface area contributed by atoms with E-state index in [9.17, 15) is 5.11 Å². The van der Waals surface area contributed by atoms with Crippen LogP contribution < -0.4 is 0 Å². The van der Waals surface area contributed by atoms with Crippen molar-refractivity contribution in [1.82, 2.24) is 0 Å². The van der Waals surface area contributed by atoms with Gasteiger partial charge in [-0.1, -0.05) is 107 Å². The Hall–Kier alpha value is -1.60. The van der Waals surface area contributed by atoms with Crippen LogP contribution in [0.3, 0.4) is 0 Å². The van der Waals surface area contributed by atoms with Crippen molar-refractivity contribution in [3.63, 3.8) is 0 Å². The highest BCUT2D eigenvalue weighted by molar-refractivity contribution is 5.36. The third-order valence-corrected chi connectivity index (χ3v) is 4.88. The standard InChI is InChI=1S/C22H30O/c1-3-4-5-6-9-14-19(2)22(23,20-15-10-7-11-16-20)21-17-12-8-13-18-21/h7-8,10-13,15-19,23H,3-6,9,14H2,1-2H3. The van der Waals surface area contributed by atoms with E-state index in [4.69, 9.17) is 0 Å². The van der Waals surface area contributed by atoms with Crippen LogP contribution in [0.5, 0.6) is 0 Å². The topological polar surface area (TPSA) is 20.2 Å². The Morgan fingerprint density at radius 3 is 1.74 bits per heavy atom. The van der Waals surface area contributed by atoms with Gasteiger partial charge in [-0.2, -0.15) is 0 Å². The van der Waals surface area contributed by atoms with E-state index in [2.05, 4.69) is 13.8 Å². The minimum atomic E-state index is -0.909. The predicted molar refractivity (Wildman–Crippen MR) is 98.4 cm³/mol. The average Bonchev–Trinajstić information content (AvgIpc) is 2.62. The van der Waals surface area contributed by atoms with Gasteiger partial charge in [0.1, 0.15) is 5.60 Å². The lowest BCUT2D eigenvalue weighted by Gasteiger charge is -2.35. The highest BCUT2D eigenvalue weighted by atomic mass is 16.3. The Balaban J connectivity index is 2.17. The second-order valence-corrected chi connectivity index (χ2v) is 6.60. The van der Waals surface area contributed by atoms with E-state index < -0.39 is 5.60 Å². The molecular formula is C22H30O. The van der Waals surface area contributed by atoms with E-state index in [0.29, 0.717) is 0 Å². The van der Waals surface area contributed by atoms with Gasteiger partial charge in [0.25, 0.3) is 0 Å². The lowest BCUT2D eigenvalue weighted by molar-refractivity contribution is 0.0191. The van der Waals surface area contributed by atoms with Crippen molar-refractivity contribution in [2.24, 2.45) is 5.92 Å². The Kier molecular flexibility index (Phi) is 6.85. The summed E-state index contributed by atoms with van der Waals surface area (Å²) >= 11 is 0. The number of benzene rings is 2. The molecule has 23 heavy (non-hydrogen) atoms. The van der Waals surface area contributed by atoms with Gasteiger partial charge < -0.3 is 5.11 Å². The molecule has 1 N–H and O–H groups in total. The largest absolute Gasteiger partial charge is 0.380 e. The van der Waals surface area contributed by atoms with Crippen molar-refractivity contribution in [1.29, 1.82) is 0 Å². The zero-order valence-electron chi connectivity index (χ0n) is 14.5. The molecule has 0 aliphatic heterocycles. The summed E-state index contributed by atoms with van der Waals surface area (Å²) in [5.41, 5.74) is 1.08. The zero-order chi connectivity index (χ0) is 16.5. The van der Waals surface area contributed by atoms with E-state index in [-0.39, 0.29) is 5.92 Å². The first-order valence-electron chi connectivity index (χ1n) is 9.03. The van der Waals surface area contributed by atoms with Gasteiger partial charge in [-0.3, -0.25) is 0 Å². The van der Waals surface area contributed by atoms with E-state index in [1.165, 1.54) is 32.1 Å². The molecule has 0 saturated carbocycles. The molecule has 0 heterocycles. The van der Waals surface area contributed by atoms with Crippen LogP contribution >= 0.6 is 0 Å². The summed E-state index contributed by atoms with van der Waals surface area (Å²) in [7, 11) is 0. The van der Waals surface area contributed by atoms with Gasteiger partial charge in [-0.15, -0.1) is 0 Å². The van der Waals surface area contributed by atoms with Crippen LogP contribution in [-0.4, -0.2) is 5.11 Å². The van der Waals surface area contributed by atoms with Crippen LogP contribution in [0.4, 0.5) is 0 Å². The molecule has 1 unspecified atom stereocenters. The second kappa shape index (κ2) is 8.88. The molecule has 2 aromatic rings. The highest BCUT2D eigenvalue weighted by Crippen LogP contribution is 2.39. The molecule has 0 bridgehead atoms. The summed E-state index contributed by atoms with van der Waals surface area (Å²) in [5.74, 6) is 0.189. The third-order valence-electron chi connectivity index (χ3n) is 4.88. The Bertz CT molecular complexity index is 507. The van der Waals surface area contributed by atoms with Crippen molar-refractivity contribution < 1.29 is 5.11 Å². The van der Waals surface area contributed by atoms with Crippen molar-refractivity contribution >= 4 is 0 Å². The molecule has 0 amide bonds. The predicted octanol–water partition coefficient (Wildman–Crippen LogP) is 5.92. The lowest BCUT2D eigenvalue weighted by atomic mass is 9.75. The SMILES string of the molecule is CCCCCCCC(C)C(O)(c1ccccc1)c1ccccc1. The summed E-state index contributed by atoms with van der Waals surface area (Å²) in [6, 6.07) is 20.2. The van der Waals surface area contributed by atoms with Gasteiger partial charge >= 0.3 is 0 Å². The molecule has 0 radical (unpaired) electrons. The van der Waals surface area contributed by atoms with E-state index >= 15 is 0 Å². The highest BCUT2D eigenvalue weighted by Gasteiger charge is 2.36. The molecule has 0 spiro atoms. The van der Waals surface area contributed by atoms with E-state index in [1.807, 2.05) is 60.7 Å². The van der Waals surface area contributed by atoms with Crippen LogP contribution in [0.25, 0.3) is 0 Å². The summed E-state index contributed by atoms with van der Waals surface area (Å²) in [6.07, 6.45) is 7.38. The van der Waals surface area contributed by atoms with Crippen LogP contribution in [0, 0.1) is 5.92 Å². The maximum atomic E-state index is 11.6. The quantitative estimate of drug-likeness (QED) is 0.570. The van der Waals surface area contributed by atoms with Gasteiger partial charge in [0, 0.05) is 0 Å². The summed E-state index contributed by atoms with van der Waals surface area (Å²) in [6.45, 7) is 4.42. The molecule has 1 nitrogen and oxygen atoms in total. The molecule has 1 heteroatoms. The molecule has 0 aliphatic rings. The first-order chi connectivity index (χ1) is 11.2. The number of rotatable bonds is 9. The van der Waals surface area contributed by atoms with Crippen molar-refractivity contribution in [3.05, 3.63) is 71.8 Å². The second-order valence-electron chi connectivity index (χ2n) is 6.60. The van der Waals surface area contributed by atoms with E-state index in [0.717, 1.165) is 17.5 Å². The summed E-state index contributed by atoms with van der Waals surface area (Å²) in [4.78, 5) is 0. The van der Waals surface area contributed by atoms with Gasteiger partial charge in [0.15, 0.2) is 0 Å². The Labute approximate surface area is 141 Å². The molecule has 0 fully saturated rings. The number of unbranched alkanes of at least 4 members (excludes halogenated alkanes) is 4. The van der Waals surface area contributed by atoms with Crippen LogP contribution in [0.15, 0.2) is 60.7 Å². The molecule has 0 aromatic heterocycles. The molecule has 2 aromatic carbocycles. The number of hydrogen-bond donors (Lipinski definition) is 1. The minimum absolute atomic E-state index is 0.189. The Morgan fingerprint density at radius 1 is 0.783 bits per heavy atom. The fourth-order valence-corrected chi connectivity index (χ4v) is 3.38. The first kappa shape index (κ1) is 17.7. The van der Waals surface area contributed by atoms with E-state index in [1.54, 1.807) is 0 Å². The van der Waals surface area contributed by atoms with Gasteiger partial charge in [-0.25, -0.2) is 0 Å². The Morgan fingerprint density at radius 2 is 1.26 bits per heavy atom. The average molecular weight is 310 g/mol. The lowest BCUT2D eigenvalue weighted by Crippen LogP contribution is -2.35. The number of hydrogen-bond acceptors (Lipinski definition) is 1. The molecular weight excluding hydrogens is 280 g/mol. The molecule has 124 valence electrons. The minimum Gasteiger partial charge on any atom is -0.380 e.